The van der Waals surface area contributed by atoms with Crippen molar-refractivity contribution in [1.82, 2.24) is 4.31 Å². The van der Waals surface area contributed by atoms with Gasteiger partial charge in [0.1, 0.15) is 5.82 Å². The molecule has 0 aliphatic rings. The largest absolute Gasteiger partial charge is 0.398 e. The summed E-state index contributed by atoms with van der Waals surface area (Å²) in [6, 6.07) is 2.31. The average Bonchev–Trinajstić information content (AvgIpc) is 2.26. The van der Waals surface area contributed by atoms with Crippen molar-refractivity contribution >= 4 is 15.7 Å². The smallest absolute Gasteiger partial charge is 0.243 e. The zero-order chi connectivity index (χ0) is 13.2. The summed E-state index contributed by atoms with van der Waals surface area (Å²) in [5.41, 5.74) is 5.99. The fourth-order valence-electron chi connectivity index (χ4n) is 1.54. The average molecular weight is 260 g/mol. The Bertz CT molecular complexity index is 487. The third-order valence-electron chi connectivity index (χ3n) is 2.70. The van der Waals surface area contributed by atoms with Crippen LogP contribution in [0.1, 0.15) is 19.4 Å². The SMILES string of the molecule is CCN(CC)S(=O)(=O)c1cc(N)c(C)c(F)c1. The first-order valence-electron chi connectivity index (χ1n) is 5.40. The molecule has 4 nitrogen and oxygen atoms in total. The maximum Gasteiger partial charge on any atom is 0.243 e. The molecule has 17 heavy (non-hydrogen) atoms. The number of anilines is 1. The fourth-order valence-corrected chi connectivity index (χ4v) is 3.04. The number of nitrogen functional groups attached to an aromatic ring is 1. The molecular formula is C11H17FN2O2S. The van der Waals surface area contributed by atoms with Crippen molar-refractivity contribution in [3.63, 3.8) is 0 Å². The van der Waals surface area contributed by atoms with Crippen molar-refractivity contribution in [3.05, 3.63) is 23.5 Å². The highest BCUT2D eigenvalue weighted by atomic mass is 32.2. The standard InChI is InChI=1S/C11H17FN2O2S/c1-4-14(5-2)17(15,16)9-6-10(12)8(3)11(13)7-9/h6-7H,4-5,13H2,1-3H3. The summed E-state index contributed by atoms with van der Waals surface area (Å²) in [5.74, 6) is -0.601. The van der Waals surface area contributed by atoms with Gasteiger partial charge in [0.05, 0.1) is 4.90 Å². The highest BCUT2D eigenvalue weighted by Crippen LogP contribution is 2.23. The lowest BCUT2D eigenvalue weighted by Gasteiger charge is -2.19. The third-order valence-corrected chi connectivity index (χ3v) is 4.73. The molecule has 0 aliphatic carbocycles. The van der Waals surface area contributed by atoms with E-state index in [0.29, 0.717) is 13.1 Å². The van der Waals surface area contributed by atoms with Gasteiger partial charge in [-0.25, -0.2) is 12.8 Å². The Morgan fingerprint density at radius 3 is 2.24 bits per heavy atom. The molecule has 0 aromatic heterocycles. The molecule has 0 spiro atoms. The lowest BCUT2D eigenvalue weighted by atomic mass is 10.2. The van der Waals surface area contributed by atoms with Gasteiger partial charge in [0.25, 0.3) is 0 Å². The van der Waals surface area contributed by atoms with Gasteiger partial charge in [-0.15, -0.1) is 0 Å². The molecule has 1 aromatic rings. The molecule has 96 valence electrons. The predicted octanol–water partition coefficient (Wildman–Crippen LogP) is 1.75. The van der Waals surface area contributed by atoms with E-state index in [4.69, 9.17) is 5.73 Å². The van der Waals surface area contributed by atoms with Crippen LogP contribution in [0.25, 0.3) is 0 Å². The molecular weight excluding hydrogens is 243 g/mol. The van der Waals surface area contributed by atoms with E-state index >= 15 is 0 Å². The Balaban J connectivity index is 3.34. The molecule has 0 aliphatic heterocycles. The molecule has 0 heterocycles. The molecule has 0 saturated heterocycles. The van der Waals surface area contributed by atoms with Crippen molar-refractivity contribution in [2.45, 2.75) is 25.7 Å². The molecule has 0 amide bonds. The summed E-state index contributed by atoms with van der Waals surface area (Å²) >= 11 is 0. The van der Waals surface area contributed by atoms with Crippen LogP contribution in [0.4, 0.5) is 10.1 Å². The van der Waals surface area contributed by atoms with Crippen molar-refractivity contribution in [1.29, 1.82) is 0 Å². The first-order valence-corrected chi connectivity index (χ1v) is 6.84. The first-order chi connectivity index (χ1) is 7.84. The van der Waals surface area contributed by atoms with Crippen LogP contribution in [0.15, 0.2) is 17.0 Å². The highest BCUT2D eigenvalue weighted by molar-refractivity contribution is 7.89. The van der Waals surface area contributed by atoms with Gasteiger partial charge in [-0.1, -0.05) is 13.8 Å². The van der Waals surface area contributed by atoms with Crippen molar-refractivity contribution in [2.24, 2.45) is 0 Å². The van der Waals surface area contributed by atoms with Gasteiger partial charge in [0.2, 0.25) is 10.0 Å². The van der Waals surface area contributed by atoms with E-state index in [1.807, 2.05) is 0 Å². The van der Waals surface area contributed by atoms with E-state index in [1.54, 1.807) is 13.8 Å². The van der Waals surface area contributed by atoms with Crippen LogP contribution in [-0.4, -0.2) is 25.8 Å². The highest BCUT2D eigenvalue weighted by Gasteiger charge is 2.23. The monoisotopic (exact) mass is 260 g/mol. The topological polar surface area (TPSA) is 63.4 Å². The first kappa shape index (κ1) is 13.9. The Kier molecular flexibility index (Phi) is 4.11. The Labute approximate surface area is 101 Å². The summed E-state index contributed by atoms with van der Waals surface area (Å²) in [6.07, 6.45) is 0. The van der Waals surface area contributed by atoms with Gasteiger partial charge in [-0.05, 0) is 19.1 Å². The third kappa shape index (κ3) is 2.58. The predicted molar refractivity (Wildman–Crippen MR) is 65.7 cm³/mol. The van der Waals surface area contributed by atoms with E-state index in [2.05, 4.69) is 0 Å². The van der Waals surface area contributed by atoms with Gasteiger partial charge in [0.15, 0.2) is 0 Å². The second kappa shape index (κ2) is 5.01. The fraction of sp³-hybridized carbons (Fsp3) is 0.455. The van der Waals surface area contributed by atoms with Crippen LogP contribution in [-0.2, 0) is 10.0 Å². The molecule has 0 fully saturated rings. The molecule has 2 N–H and O–H groups in total. The van der Waals surface area contributed by atoms with E-state index in [0.717, 1.165) is 6.07 Å². The Morgan fingerprint density at radius 1 is 1.29 bits per heavy atom. The van der Waals surface area contributed by atoms with Crippen molar-refractivity contribution in [3.8, 4) is 0 Å². The van der Waals surface area contributed by atoms with Crippen molar-refractivity contribution in [2.75, 3.05) is 18.8 Å². The number of rotatable bonds is 4. The number of hydrogen-bond donors (Lipinski definition) is 1. The summed E-state index contributed by atoms with van der Waals surface area (Å²) in [6.45, 7) is 5.66. The maximum absolute atomic E-state index is 13.5. The van der Waals surface area contributed by atoms with E-state index in [-0.39, 0.29) is 16.1 Å². The van der Waals surface area contributed by atoms with Crippen LogP contribution in [0.5, 0.6) is 0 Å². The lowest BCUT2D eigenvalue weighted by Crippen LogP contribution is -2.30. The number of sulfonamides is 1. The summed E-state index contributed by atoms with van der Waals surface area (Å²) in [7, 11) is -3.65. The van der Waals surface area contributed by atoms with E-state index < -0.39 is 15.8 Å². The summed E-state index contributed by atoms with van der Waals surface area (Å²) in [5, 5.41) is 0. The summed E-state index contributed by atoms with van der Waals surface area (Å²) < 4.78 is 39.0. The Morgan fingerprint density at radius 2 is 1.82 bits per heavy atom. The van der Waals surface area contributed by atoms with Crippen molar-refractivity contribution < 1.29 is 12.8 Å². The molecule has 0 unspecified atom stereocenters. The Hall–Kier alpha value is -1.14. The normalized spacial score (nSPS) is 12.1. The van der Waals surface area contributed by atoms with Crippen LogP contribution in [0, 0.1) is 12.7 Å². The van der Waals surface area contributed by atoms with Crippen LogP contribution in [0.3, 0.4) is 0 Å². The van der Waals surface area contributed by atoms with Gasteiger partial charge in [0, 0.05) is 24.3 Å². The number of hydrogen-bond acceptors (Lipinski definition) is 3. The van der Waals surface area contributed by atoms with Gasteiger partial charge in [-0.2, -0.15) is 4.31 Å². The van der Waals surface area contributed by atoms with Crippen LogP contribution in [0.2, 0.25) is 0 Å². The number of benzene rings is 1. The molecule has 6 heteroatoms. The zero-order valence-electron chi connectivity index (χ0n) is 10.2. The molecule has 1 aromatic carbocycles. The number of halogens is 1. The minimum atomic E-state index is -3.65. The quantitative estimate of drug-likeness (QED) is 0.839. The molecule has 1 rings (SSSR count). The van der Waals surface area contributed by atoms with Crippen LogP contribution >= 0.6 is 0 Å². The molecule has 0 saturated carbocycles. The second-order valence-corrected chi connectivity index (χ2v) is 5.65. The minimum absolute atomic E-state index is 0.0956. The van der Waals surface area contributed by atoms with Gasteiger partial charge in [-0.3, -0.25) is 0 Å². The number of nitrogens with zero attached hydrogens (tertiary/aromatic N) is 1. The molecule has 0 radical (unpaired) electrons. The molecule has 0 atom stereocenters. The van der Waals surface area contributed by atoms with E-state index in [9.17, 15) is 12.8 Å². The zero-order valence-corrected chi connectivity index (χ0v) is 11.0. The van der Waals surface area contributed by atoms with E-state index in [1.165, 1.54) is 17.3 Å². The van der Waals surface area contributed by atoms with Crippen LogP contribution < -0.4 is 5.73 Å². The second-order valence-electron chi connectivity index (χ2n) is 3.71. The number of nitrogens with two attached hydrogens (primary N) is 1. The molecule has 0 bridgehead atoms. The maximum atomic E-state index is 13.5. The summed E-state index contributed by atoms with van der Waals surface area (Å²) in [4.78, 5) is -0.0956. The van der Waals surface area contributed by atoms with Gasteiger partial charge >= 0.3 is 0 Å². The lowest BCUT2D eigenvalue weighted by molar-refractivity contribution is 0.444. The van der Waals surface area contributed by atoms with Gasteiger partial charge < -0.3 is 5.73 Å². The minimum Gasteiger partial charge on any atom is -0.398 e.